The molecule has 0 amide bonds. The van der Waals surface area contributed by atoms with E-state index in [2.05, 4.69) is 41.6 Å². The molecule has 8 heteroatoms. The number of nitrogens with one attached hydrogen (secondary N) is 1. The Balaban J connectivity index is 2.35. The molecule has 0 aliphatic carbocycles. The number of pyridine rings is 1. The van der Waals surface area contributed by atoms with Crippen molar-refractivity contribution in [3.63, 3.8) is 0 Å². The maximum absolute atomic E-state index is 12.2. The number of aromatic nitrogens is 1. The normalized spacial score (nSPS) is 11.4. The van der Waals surface area contributed by atoms with E-state index in [0.717, 1.165) is 5.56 Å². The van der Waals surface area contributed by atoms with Gasteiger partial charge in [0, 0.05) is 4.47 Å². The summed E-state index contributed by atoms with van der Waals surface area (Å²) in [4.78, 5) is 4.17. The number of aryl methyl sites for hydroxylation is 1. The van der Waals surface area contributed by atoms with Gasteiger partial charge >= 0.3 is 0 Å². The average Bonchev–Trinajstić information content (AvgIpc) is 2.37. The van der Waals surface area contributed by atoms with E-state index >= 15 is 0 Å². The van der Waals surface area contributed by atoms with Crippen molar-refractivity contribution in [2.24, 2.45) is 0 Å². The molecule has 20 heavy (non-hydrogen) atoms. The monoisotopic (exact) mass is 438 g/mol. The Hall–Kier alpha value is -0.630. The SMILES string of the molecule is Cc1cc(NS(=O)(=O)c2ccc(Cl)c(Br)c2)cnc1Br. The van der Waals surface area contributed by atoms with Gasteiger partial charge in [0.25, 0.3) is 10.0 Å². The lowest BCUT2D eigenvalue weighted by molar-refractivity contribution is 0.601. The number of sulfonamides is 1. The van der Waals surface area contributed by atoms with Gasteiger partial charge in [-0.1, -0.05) is 11.6 Å². The van der Waals surface area contributed by atoms with Crippen molar-refractivity contribution in [2.45, 2.75) is 11.8 Å². The highest BCUT2D eigenvalue weighted by molar-refractivity contribution is 9.10. The number of rotatable bonds is 3. The van der Waals surface area contributed by atoms with Crippen molar-refractivity contribution in [1.29, 1.82) is 0 Å². The number of hydrogen-bond acceptors (Lipinski definition) is 3. The highest BCUT2D eigenvalue weighted by Crippen LogP contribution is 2.26. The molecule has 2 aromatic rings. The van der Waals surface area contributed by atoms with Crippen LogP contribution in [0.4, 0.5) is 5.69 Å². The highest BCUT2D eigenvalue weighted by atomic mass is 79.9. The van der Waals surface area contributed by atoms with Crippen LogP contribution in [0.25, 0.3) is 0 Å². The van der Waals surface area contributed by atoms with Gasteiger partial charge in [0.2, 0.25) is 0 Å². The molecule has 1 aromatic carbocycles. The highest BCUT2D eigenvalue weighted by Gasteiger charge is 2.16. The van der Waals surface area contributed by atoms with Crippen molar-refractivity contribution in [2.75, 3.05) is 4.72 Å². The van der Waals surface area contributed by atoms with Crippen LogP contribution in [-0.2, 0) is 10.0 Å². The minimum Gasteiger partial charge on any atom is -0.278 e. The summed E-state index contributed by atoms with van der Waals surface area (Å²) in [6.07, 6.45) is 1.44. The first-order valence-corrected chi connectivity index (χ1v) is 8.84. The number of anilines is 1. The summed E-state index contributed by atoms with van der Waals surface area (Å²) in [7, 11) is -3.68. The van der Waals surface area contributed by atoms with Gasteiger partial charge in [0.1, 0.15) is 4.60 Å². The van der Waals surface area contributed by atoms with Gasteiger partial charge in [-0.25, -0.2) is 13.4 Å². The topological polar surface area (TPSA) is 59.1 Å². The molecule has 0 radical (unpaired) electrons. The Morgan fingerprint density at radius 1 is 1.25 bits per heavy atom. The Labute approximate surface area is 138 Å². The predicted molar refractivity (Wildman–Crippen MR) is 86.6 cm³/mol. The van der Waals surface area contributed by atoms with Gasteiger partial charge in [0.15, 0.2) is 0 Å². The first-order chi connectivity index (χ1) is 9.29. The van der Waals surface area contributed by atoms with Crippen molar-refractivity contribution >= 4 is 59.2 Å². The molecule has 0 unspecified atom stereocenters. The van der Waals surface area contributed by atoms with E-state index in [-0.39, 0.29) is 4.90 Å². The van der Waals surface area contributed by atoms with Crippen LogP contribution in [0.1, 0.15) is 5.56 Å². The number of halogens is 3. The molecular formula is C12H9Br2ClN2O2S. The standard InChI is InChI=1S/C12H9Br2ClN2O2S/c1-7-4-8(6-16-12(7)14)17-20(18,19)9-2-3-11(15)10(13)5-9/h2-6,17H,1H3. The fraction of sp³-hybridized carbons (Fsp3) is 0.0833. The van der Waals surface area contributed by atoms with Crippen LogP contribution in [0.15, 0.2) is 44.4 Å². The Kier molecular flexibility index (Phi) is 4.73. The van der Waals surface area contributed by atoms with Crippen LogP contribution in [-0.4, -0.2) is 13.4 Å². The zero-order valence-corrected chi connectivity index (χ0v) is 14.9. The van der Waals surface area contributed by atoms with Gasteiger partial charge in [-0.2, -0.15) is 0 Å². The van der Waals surface area contributed by atoms with Gasteiger partial charge < -0.3 is 0 Å². The van der Waals surface area contributed by atoms with Crippen LogP contribution in [0, 0.1) is 6.92 Å². The molecule has 1 heterocycles. The van der Waals surface area contributed by atoms with Crippen molar-refractivity contribution < 1.29 is 8.42 Å². The summed E-state index contributed by atoms with van der Waals surface area (Å²) >= 11 is 12.3. The van der Waals surface area contributed by atoms with E-state index in [0.29, 0.717) is 19.8 Å². The zero-order valence-electron chi connectivity index (χ0n) is 10.2. The molecule has 0 aliphatic rings. The van der Waals surface area contributed by atoms with Gasteiger partial charge in [-0.15, -0.1) is 0 Å². The third-order valence-corrected chi connectivity index (χ3v) is 5.89. The summed E-state index contributed by atoms with van der Waals surface area (Å²) < 4.78 is 28.2. The number of nitrogens with zero attached hydrogens (tertiary/aromatic N) is 1. The lowest BCUT2D eigenvalue weighted by Crippen LogP contribution is -2.13. The zero-order chi connectivity index (χ0) is 14.9. The molecule has 4 nitrogen and oxygen atoms in total. The summed E-state index contributed by atoms with van der Waals surface area (Å²) in [6, 6.07) is 6.10. The average molecular weight is 441 g/mol. The lowest BCUT2D eigenvalue weighted by atomic mass is 10.3. The van der Waals surface area contributed by atoms with E-state index in [4.69, 9.17) is 11.6 Å². The molecule has 1 aromatic heterocycles. The van der Waals surface area contributed by atoms with Crippen molar-refractivity contribution in [3.05, 3.63) is 50.1 Å². The molecule has 0 atom stereocenters. The Morgan fingerprint density at radius 2 is 1.95 bits per heavy atom. The predicted octanol–water partition coefficient (Wildman–Crippen LogP) is 4.37. The largest absolute Gasteiger partial charge is 0.278 e. The third kappa shape index (κ3) is 3.52. The van der Waals surface area contributed by atoms with Crippen molar-refractivity contribution in [3.8, 4) is 0 Å². The molecule has 2 rings (SSSR count). The Morgan fingerprint density at radius 3 is 2.55 bits per heavy atom. The van der Waals surface area contributed by atoms with E-state index in [1.807, 2.05) is 6.92 Å². The van der Waals surface area contributed by atoms with Gasteiger partial charge in [-0.05, 0) is 68.6 Å². The maximum Gasteiger partial charge on any atom is 0.261 e. The van der Waals surface area contributed by atoms with Crippen LogP contribution in [0.3, 0.4) is 0 Å². The van der Waals surface area contributed by atoms with Gasteiger partial charge in [0.05, 0.1) is 21.8 Å². The molecule has 0 spiro atoms. The summed E-state index contributed by atoms with van der Waals surface area (Å²) in [6.45, 7) is 1.83. The van der Waals surface area contributed by atoms with Crippen LogP contribution in [0.2, 0.25) is 5.02 Å². The molecule has 0 bridgehead atoms. The second kappa shape index (κ2) is 6.01. The van der Waals surface area contributed by atoms with E-state index in [9.17, 15) is 8.42 Å². The number of hydrogen-bond donors (Lipinski definition) is 1. The fourth-order valence-corrected chi connectivity index (χ4v) is 3.40. The quantitative estimate of drug-likeness (QED) is 0.721. The number of benzene rings is 1. The molecule has 0 fully saturated rings. The minimum atomic E-state index is -3.68. The van der Waals surface area contributed by atoms with Crippen molar-refractivity contribution in [1.82, 2.24) is 4.98 Å². The molecular weight excluding hydrogens is 431 g/mol. The second-order valence-corrected chi connectivity index (χ2v) is 7.71. The smallest absolute Gasteiger partial charge is 0.261 e. The van der Waals surface area contributed by atoms with E-state index in [1.54, 1.807) is 6.07 Å². The molecule has 0 aliphatic heterocycles. The molecule has 0 saturated carbocycles. The van der Waals surface area contributed by atoms with Gasteiger partial charge in [-0.3, -0.25) is 4.72 Å². The van der Waals surface area contributed by atoms with E-state index < -0.39 is 10.0 Å². The second-order valence-electron chi connectivity index (χ2n) is 4.01. The first-order valence-electron chi connectivity index (χ1n) is 5.39. The van der Waals surface area contributed by atoms with E-state index in [1.165, 1.54) is 24.4 Å². The van der Waals surface area contributed by atoms with Crippen LogP contribution < -0.4 is 4.72 Å². The van der Waals surface area contributed by atoms with Crippen LogP contribution >= 0.6 is 43.5 Å². The third-order valence-electron chi connectivity index (χ3n) is 2.47. The molecule has 0 saturated heterocycles. The summed E-state index contributed by atoms with van der Waals surface area (Å²) in [5.74, 6) is 0. The lowest BCUT2D eigenvalue weighted by Gasteiger charge is -2.09. The fourth-order valence-electron chi connectivity index (χ4n) is 1.47. The summed E-state index contributed by atoms with van der Waals surface area (Å²) in [5.41, 5.74) is 1.24. The molecule has 106 valence electrons. The first kappa shape index (κ1) is 15.8. The molecule has 1 N–H and O–H groups in total. The van der Waals surface area contributed by atoms with Crippen LogP contribution in [0.5, 0.6) is 0 Å². The Bertz CT molecular complexity index is 766. The summed E-state index contributed by atoms with van der Waals surface area (Å²) in [5, 5.41) is 0.449. The maximum atomic E-state index is 12.2. The minimum absolute atomic E-state index is 0.120.